The lowest BCUT2D eigenvalue weighted by Gasteiger charge is -2.26. The first-order valence-corrected chi connectivity index (χ1v) is 20.9. The molecule has 3 heterocycles. The van der Waals surface area contributed by atoms with Crippen LogP contribution < -0.4 is 4.74 Å². The molecule has 0 radical (unpaired) electrons. The second-order valence-corrected chi connectivity index (χ2v) is 15.9. The molecule has 0 N–H and O–H groups in total. The Morgan fingerprint density at radius 1 is 0.579 bits per heavy atom. The highest BCUT2D eigenvalue weighted by atomic mass is 16.5. The fraction of sp³-hybridized carbons (Fsp3) is 0.333. The molecule has 7 aromatic rings. The average molecular weight is 750 g/mol. The van der Waals surface area contributed by atoms with E-state index >= 15 is 0 Å². The van der Waals surface area contributed by atoms with E-state index in [1.807, 2.05) is 83.5 Å². The van der Waals surface area contributed by atoms with Crippen molar-refractivity contribution in [2.75, 3.05) is 0 Å². The number of nitrogens with zero attached hydrogens (tertiary/aromatic N) is 5. The van der Waals surface area contributed by atoms with Gasteiger partial charge in [0, 0.05) is 28.1 Å². The van der Waals surface area contributed by atoms with Crippen LogP contribution in [0.3, 0.4) is 0 Å². The predicted octanol–water partition coefficient (Wildman–Crippen LogP) is 11.9. The fourth-order valence-electron chi connectivity index (χ4n) is 8.18. The summed E-state index contributed by atoms with van der Waals surface area (Å²) in [6.07, 6.45) is 17.5. The molecule has 1 unspecified atom stereocenters. The van der Waals surface area contributed by atoms with E-state index < -0.39 is 5.60 Å². The number of aryl methyl sites for hydroxylation is 1. The van der Waals surface area contributed by atoms with Gasteiger partial charge in [0.25, 0.3) is 0 Å². The summed E-state index contributed by atoms with van der Waals surface area (Å²) in [7, 11) is 0. The highest BCUT2D eigenvalue weighted by Crippen LogP contribution is 2.52. The van der Waals surface area contributed by atoms with Crippen LogP contribution in [0.1, 0.15) is 131 Å². The molecular formula is C51H51N5O. The average Bonchev–Trinajstić information content (AvgIpc) is 3.82. The molecule has 57 heavy (non-hydrogen) atoms. The first kappa shape index (κ1) is 37.9. The van der Waals surface area contributed by atoms with Gasteiger partial charge in [0.05, 0.1) is 33.4 Å². The van der Waals surface area contributed by atoms with Crippen molar-refractivity contribution in [3.63, 3.8) is 0 Å². The molecule has 5 aromatic carbocycles. The summed E-state index contributed by atoms with van der Waals surface area (Å²) in [6, 6.07) is 32.2. The number of rotatable bonds is 13. The quantitative estimate of drug-likeness (QED) is 0.0508. The number of ether oxygens (including phenoxy) is 1. The van der Waals surface area contributed by atoms with Gasteiger partial charge in [-0.05, 0) is 63.1 Å². The molecule has 0 saturated carbocycles. The van der Waals surface area contributed by atoms with Crippen molar-refractivity contribution in [1.29, 1.82) is 0 Å². The standard InChI is InChI=1S/C51H51N5O/c1-4-5-6-7-8-9-10-11-12-13-20-27-41-36-56(55-54-41)50-44-48-47(42-28-21-22-29-43(42)49(44)57-51(50,2)3)52-45-39(32-30-37-23-16-14-17-24-37)34-35-40(46(45)53-48)33-31-38-25-18-15-19-26-38/h14-19,21-26,28-29,34-36,50H,4-13,20,27H2,1-3H3. The van der Waals surface area contributed by atoms with Gasteiger partial charge in [-0.1, -0.05) is 161 Å². The van der Waals surface area contributed by atoms with Gasteiger partial charge in [0.15, 0.2) is 0 Å². The van der Waals surface area contributed by atoms with Crippen LogP contribution in [0.4, 0.5) is 0 Å². The predicted molar refractivity (Wildman–Crippen MR) is 232 cm³/mol. The van der Waals surface area contributed by atoms with Crippen LogP contribution in [0.15, 0.2) is 103 Å². The molecule has 0 aliphatic carbocycles. The van der Waals surface area contributed by atoms with Crippen molar-refractivity contribution in [3.8, 4) is 29.4 Å². The third-order valence-electron chi connectivity index (χ3n) is 11.1. The van der Waals surface area contributed by atoms with E-state index in [9.17, 15) is 0 Å². The maximum Gasteiger partial charge on any atom is 0.135 e. The molecule has 0 fully saturated rings. The van der Waals surface area contributed by atoms with Gasteiger partial charge in [-0.3, -0.25) is 0 Å². The Labute approximate surface area is 337 Å². The lowest BCUT2D eigenvalue weighted by molar-refractivity contribution is 0.0945. The number of unbranched alkanes of at least 4 members (excludes halogenated alkanes) is 10. The Hall–Kier alpha value is -5.98. The van der Waals surface area contributed by atoms with Crippen LogP contribution in [0.2, 0.25) is 0 Å². The molecular weight excluding hydrogens is 699 g/mol. The summed E-state index contributed by atoms with van der Waals surface area (Å²) in [5, 5.41) is 11.4. The zero-order valence-corrected chi connectivity index (χ0v) is 33.5. The molecule has 6 heteroatoms. The first-order valence-electron chi connectivity index (χ1n) is 20.9. The van der Waals surface area contributed by atoms with Crippen LogP contribution in [0, 0.1) is 23.7 Å². The lowest BCUT2D eigenvalue weighted by atomic mass is 9.91. The molecule has 0 spiro atoms. The largest absolute Gasteiger partial charge is 0.484 e. The van der Waals surface area contributed by atoms with Crippen molar-refractivity contribution in [1.82, 2.24) is 25.0 Å². The number of hydrogen-bond acceptors (Lipinski definition) is 5. The van der Waals surface area contributed by atoms with Crippen LogP contribution >= 0.6 is 0 Å². The van der Waals surface area contributed by atoms with E-state index in [2.05, 4.69) is 73.9 Å². The van der Waals surface area contributed by atoms with E-state index in [4.69, 9.17) is 19.9 Å². The van der Waals surface area contributed by atoms with Gasteiger partial charge in [-0.15, -0.1) is 5.10 Å². The minimum atomic E-state index is -0.628. The Morgan fingerprint density at radius 3 is 1.70 bits per heavy atom. The molecule has 1 aliphatic heterocycles. The molecule has 0 bridgehead atoms. The Bertz CT molecular complexity index is 2620. The number of benzene rings is 5. The SMILES string of the molecule is CCCCCCCCCCCCCc1cn(C2c3c(c4ccccc4c4nc5c(C#Cc6ccccc6)ccc(C#Cc6ccccc6)c5nc34)OC2(C)C)nn1. The van der Waals surface area contributed by atoms with Crippen molar-refractivity contribution in [3.05, 3.63) is 137 Å². The van der Waals surface area contributed by atoms with Crippen LogP contribution in [-0.4, -0.2) is 30.6 Å². The third kappa shape index (κ3) is 8.42. The number of hydrogen-bond donors (Lipinski definition) is 0. The third-order valence-corrected chi connectivity index (χ3v) is 11.1. The second kappa shape index (κ2) is 17.4. The summed E-state index contributed by atoms with van der Waals surface area (Å²) in [6.45, 7) is 6.54. The van der Waals surface area contributed by atoms with E-state index in [1.165, 1.54) is 64.2 Å². The molecule has 6 nitrogen and oxygen atoms in total. The number of aromatic nitrogens is 5. The van der Waals surface area contributed by atoms with Gasteiger partial charge in [0.1, 0.15) is 28.4 Å². The van der Waals surface area contributed by atoms with Crippen LogP contribution in [-0.2, 0) is 6.42 Å². The van der Waals surface area contributed by atoms with Gasteiger partial charge in [0.2, 0.25) is 0 Å². The Morgan fingerprint density at radius 2 is 1.11 bits per heavy atom. The highest BCUT2D eigenvalue weighted by Gasteiger charge is 2.46. The first-order chi connectivity index (χ1) is 28.0. The zero-order valence-electron chi connectivity index (χ0n) is 33.5. The molecule has 286 valence electrons. The molecule has 2 aromatic heterocycles. The normalized spacial score (nSPS) is 14.2. The van der Waals surface area contributed by atoms with E-state index in [0.29, 0.717) is 5.52 Å². The van der Waals surface area contributed by atoms with Crippen molar-refractivity contribution >= 4 is 32.8 Å². The van der Waals surface area contributed by atoms with Crippen LogP contribution in [0.25, 0.3) is 32.8 Å². The topological polar surface area (TPSA) is 65.7 Å². The summed E-state index contributed by atoms with van der Waals surface area (Å²) < 4.78 is 8.91. The zero-order chi connectivity index (χ0) is 39.0. The van der Waals surface area contributed by atoms with Crippen molar-refractivity contribution in [2.45, 2.75) is 109 Å². The van der Waals surface area contributed by atoms with E-state index in [0.717, 1.165) is 79.4 Å². The van der Waals surface area contributed by atoms with Crippen LogP contribution in [0.5, 0.6) is 5.75 Å². The lowest BCUT2D eigenvalue weighted by Crippen LogP contribution is -2.35. The minimum absolute atomic E-state index is 0.273. The summed E-state index contributed by atoms with van der Waals surface area (Å²) in [5.74, 6) is 14.4. The number of fused-ring (bicyclic) bond motifs is 7. The molecule has 0 amide bonds. The fourth-order valence-corrected chi connectivity index (χ4v) is 8.18. The van der Waals surface area contributed by atoms with Gasteiger partial charge in [-0.2, -0.15) is 0 Å². The van der Waals surface area contributed by atoms with E-state index in [1.54, 1.807) is 0 Å². The maximum atomic E-state index is 6.92. The Kier molecular flexibility index (Phi) is 11.6. The Balaban J connectivity index is 1.16. The smallest absolute Gasteiger partial charge is 0.135 e. The second-order valence-electron chi connectivity index (χ2n) is 15.9. The van der Waals surface area contributed by atoms with Crippen molar-refractivity contribution in [2.24, 2.45) is 0 Å². The monoisotopic (exact) mass is 749 g/mol. The molecule has 1 aliphatic rings. The van der Waals surface area contributed by atoms with E-state index in [-0.39, 0.29) is 6.04 Å². The minimum Gasteiger partial charge on any atom is -0.484 e. The highest BCUT2D eigenvalue weighted by molar-refractivity contribution is 6.12. The van der Waals surface area contributed by atoms with Gasteiger partial charge in [-0.25, -0.2) is 14.6 Å². The summed E-state index contributed by atoms with van der Waals surface area (Å²) >= 11 is 0. The molecule has 0 saturated heterocycles. The van der Waals surface area contributed by atoms with Gasteiger partial charge < -0.3 is 4.74 Å². The summed E-state index contributed by atoms with van der Waals surface area (Å²) in [5.41, 5.74) is 7.84. The van der Waals surface area contributed by atoms with Crippen molar-refractivity contribution < 1.29 is 4.74 Å². The van der Waals surface area contributed by atoms with Gasteiger partial charge >= 0.3 is 0 Å². The molecule has 8 rings (SSSR count). The maximum absolute atomic E-state index is 6.92. The molecule has 1 atom stereocenters. The summed E-state index contributed by atoms with van der Waals surface area (Å²) in [4.78, 5) is 11.0.